The summed E-state index contributed by atoms with van der Waals surface area (Å²) in [4.78, 5) is 24.2. The van der Waals surface area contributed by atoms with E-state index < -0.39 is 6.09 Å². The van der Waals surface area contributed by atoms with Gasteiger partial charge in [0, 0.05) is 12.4 Å². The van der Waals surface area contributed by atoms with Crippen molar-refractivity contribution in [1.82, 2.24) is 4.90 Å². The zero-order valence-corrected chi connectivity index (χ0v) is 14.8. The van der Waals surface area contributed by atoms with Gasteiger partial charge in [-0.25, -0.2) is 15.0 Å². The van der Waals surface area contributed by atoms with Crippen molar-refractivity contribution in [2.45, 2.75) is 45.2 Å². The average Bonchev–Trinajstić information content (AvgIpc) is 3.07. The van der Waals surface area contributed by atoms with E-state index in [4.69, 9.17) is 10.00 Å². The van der Waals surface area contributed by atoms with Crippen molar-refractivity contribution < 1.29 is 14.3 Å². The van der Waals surface area contributed by atoms with E-state index in [1.807, 2.05) is 18.2 Å². The number of ether oxygens (including phenoxy) is 1. The second-order valence-electron chi connectivity index (χ2n) is 6.70. The summed E-state index contributed by atoms with van der Waals surface area (Å²) in [6.45, 7) is 2.99. The molecule has 1 aromatic carbocycles. The molecule has 1 aromatic rings. The molecule has 5 nitrogen and oxygen atoms in total. The van der Waals surface area contributed by atoms with Crippen LogP contribution in [0, 0.1) is 24.1 Å². The first-order chi connectivity index (χ1) is 12.1. The molecule has 0 atom stereocenters. The molecule has 0 N–H and O–H groups in total. The molecule has 2 aliphatic heterocycles. The van der Waals surface area contributed by atoms with Crippen molar-refractivity contribution in [1.29, 1.82) is 5.26 Å². The van der Waals surface area contributed by atoms with Crippen LogP contribution in [0.3, 0.4) is 0 Å². The first-order valence-electron chi connectivity index (χ1n) is 8.98. The van der Waals surface area contributed by atoms with E-state index >= 15 is 0 Å². The predicted molar refractivity (Wildman–Crippen MR) is 97.2 cm³/mol. The van der Waals surface area contributed by atoms with Crippen LogP contribution in [0.15, 0.2) is 30.3 Å². The highest BCUT2D eigenvalue weighted by Crippen LogP contribution is 2.28. The molecular weight excluding hydrogens is 315 g/mol. The highest BCUT2D eigenvalue weighted by molar-refractivity contribution is 6.67. The molecule has 2 heterocycles. The van der Waals surface area contributed by atoms with Crippen LogP contribution in [0.25, 0.3) is 0 Å². The summed E-state index contributed by atoms with van der Waals surface area (Å²) in [6, 6.07) is 10.3. The van der Waals surface area contributed by atoms with E-state index in [1.165, 1.54) is 10.5 Å². The summed E-state index contributed by atoms with van der Waals surface area (Å²) in [7, 11) is 0. The Labute approximate surface area is 150 Å². The lowest BCUT2D eigenvalue weighted by molar-refractivity contribution is -0.128. The Morgan fingerprint density at radius 3 is 2.48 bits per heavy atom. The van der Waals surface area contributed by atoms with E-state index in [2.05, 4.69) is 25.0 Å². The zero-order chi connectivity index (χ0) is 18.1. The van der Waals surface area contributed by atoms with Gasteiger partial charge in [0.05, 0.1) is 6.54 Å². The number of hydrogen-bond donors (Lipinski definition) is 0. The zero-order valence-electron chi connectivity index (χ0n) is 14.8. The van der Waals surface area contributed by atoms with Gasteiger partial charge in [0.1, 0.15) is 6.61 Å². The van der Waals surface area contributed by atoms with E-state index in [0.29, 0.717) is 25.5 Å². The van der Waals surface area contributed by atoms with Crippen LogP contribution in [0.5, 0.6) is 0 Å². The molecule has 2 fully saturated rings. The van der Waals surface area contributed by atoms with E-state index in [1.54, 1.807) is 0 Å². The highest BCUT2D eigenvalue weighted by atomic mass is 16.6. The summed E-state index contributed by atoms with van der Waals surface area (Å²) in [5, 5.41) is 8.81. The van der Waals surface area contributed by atoms with Crippen LogP contribution in [-0.2, 0) is 9.53 Å². The number of nitrogens with zero attached hydrogens (tertiary/aromatic N) is 2. The van der Waals surface area contributed by atoms with Crippen molar-refractivity contribution in [3.63, 3.8) is 0 Å². The smallest absolute Gasteiger partial charge is 0.416 e. The maximum Gasteiger partial charge on any atom is 0.416 e. The van der Waals surface area contributed by atoms with E-state index in [0.717, 1.165) is 31.9 Å². The number of amides is 2. The van der Waals surface area contributed by atoms with Gasteiger partial charge in [0.25, 0.3) is 6.71 Å². The Kier molecular flexibility index (Phi) is 7.52. The Bertz CT molecular complexity index is 607. The van der Waals surface area contributed by atoms with Gasteiger partial charge < -0.3 is 4.74 Å². The monoisotopic (exact) mass is 340 g/mol. The van der Waals surface area contributed by atoms with E-state index in [9.17, 15) is 9.59 Å². The fraction of sp³-hybridized carbons (Fsp3) is 0.526. The van der Waals surface area contributed by atoms with Gasteiger partial charge in [-0.3, -0.25) is 4.79 Å². The van der Waals surface area contributed by atoms with Gasteiger partial charge >= 0.3 is 6.09 Å². The summed E-state index contributed by atoms with van der Waals surface area (Å²) in [6.07, 6.45) is 4.67. The number of nitriles is 1. The molecule has 3 rings (SSSR count). The third kappa shape index (κ3) is 6.26. The Hall–Kier alpha value is -2.29. The minimum atomic E-state index is -0.506. The average molecular weight is 340 g/mol. The van der Waals surface area contributed by atoms with Gasteiger partial charge in [-0.05, 0) is 19.3 Å². The molecule has 0 saturated carbocycles. The molecule has 0 spiro atoms. The molecule has 25 heavy (non-hydrogen) atoms. The van der Waals surface area contributed by atoms with Crippen molar-refractivity contribution in [3.05, 3.63) is 35.9 Å². The van der Waals surface area contributed by atoms with Gasteiger partial charge in [-0.2, -0.15) is 0 Å². The number of rotatable bonds is 3. The summed E-state index contributed by atoms with van der Waals surface area (Å²) >= 11 is 0. The van der Waals surface area contributed by atoms with Crippen molar-refractivity contribution in [2.75, 3.05) is 13.2 Å². The molecule has 0 unspecified atom stereocenters. The normalized spacial score (nSPS) is 17.4. The summed E-state index contributed by atoms with van der Waals surface area (Å²) in [5.74, 6) is 2.70. The minimum absolute atomic E-state index is 0.125. The Morgan fingerprint density at radius 1 is 1.32 bits per heavy atom. The van der Waals surface area contributed by atoms with Gasteiger partial charge in [0.15, 0.2) is 0 Å². The standard InChI is InChI=1S/C12H17BN2O3.C7H8/c14-9-13-5-3-10(4-6-13)1-2-11(16)15-7-8-18-12(15)17;1-7-5-3-2-4-6-7/h10H,1-8H2;2-6H,1H3. The Morgan fingerprint density at radius 2 is 2.00 bits per heavy atom. The Balaban J connectivity index is 0.000000269. The molecule has 2 amide bonds. The van der Waals surface area contributed by atoms with Gasteiger partial charge in [-0.1, -0.05) is 61.4 Å². The quantitative estimate of drug-likeness (QED) is 0.787. The number of carbonyl (C=O) groups excluding carboxylic acids is 2. The second kappa shape index (κ2) is 9.88. The molecule has 2 saturated heterocycles. The number of imide groups is 1. The number of carbonyl (C=O) groups is 2. The van der Waals surface area contributed by atoms with Crippen LogP contribution >= 0.6 is 0 Å². The summed E-state index contributed by atoms with van der Waals surface area (Å²) < 4.78 is 4.74. The molecule has 6 heteroatoms. The maximum atomic E-state index is 11.8. The highest BCUT2D eigenvalue weighted by Gasteiger charge is 2.29. The lowest BCUT2D eigenvalue weighted by Gasteiger charge is -2.23. The van der Waals surface area contributed by atoms with Gasteiger partial charge in [0.2, 0.25) is 5.91 Å². The van der Waals surface area contributed by atoms with Gasteiger partial charge in [-0.15, -0.1) is 0 Å². The number of hydrogen-bond acceptors (Lipinski definition) is 4. The van der Waals surface area contributed by atoms with Crippen LogP contribution < -0.4 is 0 Å². The number of benzene rings is 1. The molecule has 132 valence electrons. The minimum Gasteiger partial charge on any atom is -0.447 e. The summed E-state index contributed by atoms with van der Waals surface area (Å²) in [5.41, 5.74) is 1.32. The maximum absolute atomic E-state index is 11.8. The predicted octanol–water partition coefficient (Wildman–Crippen LogP) is 3.71. The van der Waals surface area contributed by atoms with E-state index in [-0.39, 0.29) is 12.6 Å². The number of cyclic esters (lactones) is 1. The molecule has 0 aromatic heterocycles. The fourth-order valence-corrected chi connectivity index (χ4v) is 3.20. The first kappa shape index (κ1) is 19.0. The third-order valence-electron chi connectivity index (χ3n) is 4.80. The lowest BCUT2D eigenvalue weighted by Crippen LogP contribution is -2.32. The molecule has 0 aliphatic carbocycles. The lowest BCUT2D eigenvalue weighted by atomic mass is 9.41. The van der Waals surface area contributed by atoms with Crippen molar-refractivity contribution >= 4 is 18.7 Å². The van der Waals surface area contributed by atoms with Crippen LogP contribution in [0.1, 0.15) is 31.2 Å². The number of aryl methyl sites for hydroxylation is 1. The largest absolute Gasteiger partial charge is 0.447 e. The third-order valence-corrected chi connectivity index (χ3v) is 4.80. The first-order valence-corrected chi connectivity index (χ1v) is 8.98. The van der Waals surface area contributed by atoms with Crippen molar-refractivity contribution in [3.8, 4) is 5.97 Å². The van der Waals surface area contributed by atoms with Crippen LogP contribution in [0.2, 0.25) is 12.6 Å². The van der Waals surface area contributed by atoms with Crippen LogP contribution in [0.4, 0.5) is 4.79 Å². The molecule has 0 radical (unpaired) electrons. The fourth-order valence-electron chi connectivity index (χ4n) is 3.20. The topological polar surface area (TPSA) is 70.4 Å². The molecular formula is C19H25BN2O3. The van der Waals surface area contributed by atoms with Crippen LogP contribution in [-0.4, -0.2) is 36.8 Å². The molecule has 0 bridgehead atoms. The van der Waals surface area contributed by atoms with Crippen molar-refractivity contribution in [2.24, 2.45) is 5.92 Å². The molecule has 2 aliphatic rings. The second-order valence-corrected chi connectivity index (χ2v) is 6.70. The SMILES string of the molecule is Cc1ccccc1.N#CB1CCC(CCC(=O)N2CCOC2=O)CC1.